The number of thiophene rings is 1. The Hall–Kier alpha value is -1.87. The maximum absolute atomic E-state index is 12.6. The molecule has 0 bridgehead atoms. The van der Waals surface area contributed by atoms with Gasteiger partial charge < -0.3 is 9.32 Å². The number of aromatic nitrogens is 2. The van der Waals surface area contributed by atoms with E-state index in [2.05, 4.69) is 35.0 Å². The summed E-state index contributed by atoms with van der Waals surface area (Å²) in [5, 5.41) is 8.62. The van der Waals surface area contributed by atoms with Gasteiger partial charge in [-0.15, -0.1) is 21.5 Å². The molecule has 0 spiro atoms. The largest absolute Gasteiger partial charge is 0.411 e. The summed E-state index contributed by atoms with van der Waals surface area (Å²) in [5.74, 6) is 0.884. The van der Waals surface area contributed by atoms with E-state index in [1.807, 2.05) is 29.2 Å². The van der Waals surface area contributed by atoms with Crippen molar-refractivity contribution in [2.45, 2.75) is 25.6 Å². The smallest absolute Gasteiger partial charge is 0.277 e. The Labute approximate surface area is 189 Å². The van der Waals surface area contributed by atoms with Crippen LogP contribution in [-0.4, -0.2) is 57.8 Å². The molecule has 1 aliphatic rings. The zero-order chi connectivity index (χ0) is 21.1. The molecule has 3 heterocycles. The second-order valence-corrected chi connectivity index (χ2v) is 10.0. The van der Waals surface area contributed by atoms with Crippen LogP contribution < -0.4 is 0 Å². The SMILES string of the molecule is Cc1ccc(-c2nnc(SCC(=O)N3CCN(Cc4ccc(Cl)s4)CC3)o2)cc1C. The standard InChI is InChI=1S/C21H23ClN4O2S2/c1-14-3-4-16(11-15(14)2)20-23-24-21(28-20)29-13-19(27)26-9-7-25(8-10-26)12-17-5-6-18(22)30-17/h3-6,11H,7-10,12-13H2,1-2H3. The lowest BCUT2D eigenvalue weighted by molar-refractivity contribution is -0.130. The van der Waals surface area contributed by atoms with E-state index in [4.69, 9.17) is 16.0 Å². The van der Waals surface area contributed by atoms with Crippen LogP contribution >= 0.6 is 34.7 Å². The fourth-order valence-electron chi connectivity index (χ4n) is 3.29. The van der Waals surface area contributed by atoms with Gasteiger partial charge in [-0.05, 0) is 49.2 Å². The number of aryl methyl sites for hydroxylation is 2. The molecule has 2 aromatic heterocycles. The van der Waals surface area contributed by atoms with E-state index in [1.54, 1.807) is 11.3 Å². The van der Waals surface area contributed by atoms with Crippen molar-refractivity contribution < 1.29 is 9.21 Å². The Morgan fingerprint density at radius 3 is 2.63 bits per heavy atom. The van der Waals surface area contributed by atoms with Crippen molar-refractivity contribution in [3.05, 3.63) is 50.7 Å². The van der Waals surface area contributed by atoms with E-state index in [0.29, 0.717) is 16.9 Å². The molecule has 4 rings (SSSR count). The fourth-order valence-corrected chi connectivity index (χ4v) is 5.08. The highest BCUT2D eigenvalue weighted by Gasteiger charge is 2.22. The molecule has 9 heteroatoms. The number of carbonyl (C=O) groups is 1. The predicted octanol–water partition coefficient (Wildman–Crippen LogP) is 4.50. The van der Waals surface area contributed by atoms with Crippen LogP contribution in [0.1, 0.15) is 16.0 Å². The van der Waals surface area contributed by atoms with Crippen LogP contribution in [0, 0.1) is 13.8 Å². The molecule has 0 saturated carbocycles. The minimum Gasteiger partial charge on any atom is -0.411 e. The molecular weight excluding hydrogens is 440 g/mol. The number of piperazine rings is 1. The van der Waals surface area contributed by atoms with Crippen LogP contribution in [0.3, 0.4) is 0 Å². The van der Waals surface area contributed by atoms with Gasteiger partial charge in [0.15, 0.2) is 0 Å². The van der Waals surface area contributed by atoms with Gasteiger partial charge in [-0.25, -0.2) is 0 Å². The van der Waals surface area contributed by atoms with Gasteiger partial charge in [0, 0.05) is 43.2 Å². The number of hydrogen-bond donors (Lipinski definition) is 0. The van der Waals surface area contributed by atoms with E-state index in [-0.39, 0.29) is 5.91 Å². The molecule has 1 amide bonds. The summed E-state index contributed by atoms with van der Waals surface area (Å²) >= 11 is 8.91. The molecule has 0 radical (unpaired) electrons. The topological polar surface area (TPSA) is 62.5 Å². The van der Waals surface area contributed by atoms with Gasteiger partial charge in [0.1, 0.15) is 0 Å². The van der Waals surface area contributed by atoms with Crippen molar-refractivity contribution in [1.29, 1.82) is 0 Å². The summed E-state index contributed by atoms with van der Waals surface area (Å²) in [6.45, 7) is 8.20. The molecule has 0 unspecified atom stereocenters. The third-order valence-corrected chi connectivity index (χ3v) is 7.23. The van der Waals surface area contributed by atoms with Crippen molar-refractivity contribution in [1.82, 2.24) is 20.0 Å². The second kappa shape index (κ2) is 9.51. The Morgan fingerprint density at radius 2 is 1.93 bits per heavy atom. The lowest BCUT2D eigenvalue weighted by Crippen LogP contribution is -2.48. The summed E-state index contributed by atoms with van der Waals surface area (Å²) in [5.41, 5.74) is 3.29. The molecule has 158 valence electrons. The summed E-state index contributed by atoms with van der Waals surface area (Å²) in [7, 11) is 0. The summed E-state index contributed by atoms with van der Waals surface area (Å²) in [6, 6.07) is 10.0. The number of amides is 1. The molecule has 3 aromatic rings. The summed E-state index contributed by atoms with van der Waals surface area (Å²) in [6.07, 6.45) is 0. The van der Waals surface area contributed by atoms with E-state index < -0.39 is 0 Å². The number of thioether (sulfide) groups is 1. The highest BCUT2D eigenvalue weighted by atomic mass is 35.5. The zero-order valence-electron chi connectivity index (χ0n) is 16.9. The van der Waals surface area contributed by atoms with Gasteiger partial charge in [-0.2, -0.15) is 0 Å². The van der Waals surface area contributed by atoms with Crippen molar-refractivity contribution in [3.8, 4) is 11.5 Å². The first-order valence-corrected chi connectivity index (χ1v) is 11.9. The van der Waals surface area contributed by atoms with Crippen LogP contribution in [0.15, 0.2) is 40.0 Å². The third kappa shape index (κ3) is 5.24. The molecule has 1 saturated heterocycles. The average molecular weight is 463 g/mol. The lowest BCUT2D eigenvalue weighted by Gasteiger charge is -2.34. The normalized spacial score (nSPS) is 15.0. The third-order valence-electron chi connectivity index (χ3n) is 5.21. The zero-order valence-corrected chi connectivity index (χ0v) is 19.3. The first-order chi connectivity index (χ1) is 14.5. The number of carbonyl (C=O) groups excluding carboxylic acids is 1. The van der Waals surface area contributed by atoms with Gasteiger partial charge in [0.05, 0.1) is 10.1 Å². The van der Waals surface area contributed by atoms with Crippen LogP contribution in [0.5, 0.6) is 0 Å². The van der Waals surface area contributed by atoms with Crippen molar-refractivity contribution in [2.75, 3.05) is 31.9 Å². The molecule has 1 aliphatic heterocycles. The Balaban J connectivity index is 1.25. The first-order valence-electron chi connectivity index (χ1n) is 9.76. The highest BCUT2D eigenvalue weighted by molar-refractivity contribution is 7.99. The average Bonchev–Trinajstić information content (AvgIpc) is 3.38. The molecule has 30 heavy (non-hydrogen) atoms. The monoisotopic (exact) mass is 462 g/mol. The number of benzene rings is 1. The van der Waals surface area contributed by atoms with Crippen molar-refractivity contribution in [3.63, 3.8) is 0 Å². The lowest BCUT2D eigenvalue weighted by atomic mass is 10.1. The van der Waals surface area contributed by atoms with Gasteiger partial charge in [0.25, 0.3) is 5.22 Å². The van der Waals surface area contributed by atoms with E-state index >= 15 is 0 Å². The second-order valence-electron chi connectivity index (χ2n) is 7.32. The molecular formula is C21H23ClN4O2S2. The minimum absolute atomic E-state index is 0.102. The number of halogens is 1. The highest BCUT2D eigenvalue weighted by Crippen LogP contribution is 2.26. The van der Waals surface area contributed by atoms with Crippen molar-refractivity contribution >= 4 is 40.6 Å². The molecule has 0 aliphatic carbocycles. The van der Waals surface area contributed by atoms with Crippen LogP contribution in [0.25, 0.3) is 11.5 Å². The van der Waals surface area contributed by atoms with Gasteiger partial charge in [0.2, 0.25) is 11.8 Å². The maximum Gasteiger partial charge on any atom is 0.277 e. The molecule has 0 atom stereocenters. The predicted molar refractivity (Wildman–Crippen MR) is 121 cm³/mol. The van der Waals surface area contributed by atoms with E-state index in [9.17, 15) is 4.79 Å². The molecule has 6 nitrogen and oxygen atoms in total. The maximum atomic E-state index is 12.6. The van der Waals surface area contributed by atoms with Crippen LogP contribution in [0.2, 0.25) is 4.34 Å². The Bertz CT molecular complexity index is 1030. The van der Waals surface area contributed by atoms with Gasteiger partial charge >= 0.3 is 0 Å². The fraction of sp³-hybridized carbons (Fsp3) is 0.381. The Kier molecular flexibility index (Phi) is 6.77. The van der Waals surface area contributed by atoms with E-state index in [0.717, 1.165) is 42.6 Å². The molecule has 1 aromatic carbocycles. The number of hydrogen-bond acceptors (Lipinski definition) is 7. The quantitative estimate of drug-likeness (QED) is 0.502. The molecule has 1 fully saturated rings. The Morgan fingerprint density at radius 1 is 1.13 bits per heavy atom. The van der Waals surface area contributed by atoms with Crippen LogP contribution in [0.4, 0.5) is 0 Å². The first kappa shape index (κ1) is 21.4. The van der Waals surface area contributed by atoms with Gasteiger partial charge in [-0.1, -0.05) is 29.4 Å². The van der Waals surface area contributed by atoms with E-state index in [1.165, 1.54) is 27.8 Å². The summed E-state index contributed by atoms with van der Waals surface area (Å²) < 4.78 is 6.56. The number of nitrogens with zero attached hydrogens (tertiary/aromatic N) is 4. The minimum atomic E-state index is 0.102. The molecule has 0 N–H and O–H groups in total. The summed E-state index contributed by atoms with van der Waals surface area (Å²) in [4.78, 5) is 18.1. The van der Waals surface area contributed by atoms with Gasteiger partial charge in [-0.3, -0.25) is 9.69 Å². The van der Waals surface area contributed by atoms with Crippen molar-refractivity contribution in [2.24, 2.45) is 0 Å². The number of rotatable bonds is 6. The van der Waals surface area contributed by atoms with Crippen LogP contribution in [-0.2, 0) is 11.3 Å².